The van der Waals surface area contributed by atoms with Crippen LogP contribution in [0, 0.1) is 5.92 Å². The van der Waals surface area contributed by atoms with Gasteiger partial charge in [0.25, 0.3) is 0 Å². The molecule has 0 aromatic heterocycles. The summed E-state index contributed by atoms with van der Waals surface area (Å²) in [5.41, 5.74) is -0.877. The first-order chi connectivity index (χ1) is 10.3. The normalized spacial score (nSPS) is 31.0. The van der Waals surface area contributed by atoms with E-state index in [1.165, 1.54) is 0 Å². The molecule has 2 fully saturated rings. The smallest absolute Gasteiger partial charge is 0.388 e. The minimum atomic E-state index is -4.06. The number of halogens is 3. The standard InChI is InChI=1S/C15H27F3N2O2/c1-14(21,11-20-6-8-22-9-7-20)10-19-13-4-2-12(3-5-13)15(16,17)18/h12-13,19,21H,2-11H2,1H3/t12?,13?,14-/m1/s1. The number of rotatable bonds is 5. The van der Waals surface area contributed by atoms with Gasteiger partial charge in [-0.25, -0.2) is 0 Å². The lowest BCUT2D eigenvalue weighted by Gasteiger charge is -2.36. The lowest BCUT2D eigenvalue weighted by Crippen LogP contribution is -2.52. The van der Waals surface area contributed by atoms with Crippen molar-refractivity contribution in [3.05, 3.63) is 0 Å². The highest BCUT2D eigenvalue weighted by molar-refractivity contribution is 4.86. The van der Waals surface area contributed by atoms with Crippen LogP contribution in [0.15, 0.2) is 0 Å². The first-order valence-electron chi connectivity index (χ1n) is 8.09. The van der Waals surface area contributed by atoms with Gasteiger partial charge in [-0.3, -0.25) is 4.90 Å². The van der Waals surface area contributed by atoms with Gasteiger partial charge in [-0.1, -0.05) is 0 Å². The van der Waals surface area contributed by atoms with Crippen molar-refractivity contribution in [2.45, 2.75) is 50.4 Å². The minimum absolute atomic E-state index is 0.0785. The van der Waals surface area contributed by atoms with E-state index >= 15 is 0 Å². The van der Waals surface area contributed by atoms with Gasteiger partial charge in [0.2, 0.25) is 0 Å². The van der Waals surface area contributed by atoms with E-state index < -0.39 is 17.7 Å². The Labute approximate surface area is 130 Å². The lowest BCUT2D eigenvalue weighted by atomic mass is 9.85. The number of nitrogens with one attached hydrogen (secondary N) is 1. The van der Waals surface area contributed by atoms with Gasteiger partial charge in [0.1, 0.15) is 0 Å². The lowest BCUT2D eigenvalue weighted by molar-refractivity contribution is -0.182. The van der Waals surface area contributed by atoms with Gasteiger partial charge in [-0.05, 0) is 32.6 Å². The molecule has 1 saturated heterocycles. The summed E-state index contributed by atoms with van der Waals surface area (Å²) in [5, 5.41) is 13.7. The van der Waals surface area contributed by atoms with Crippen LogP contribution in [0.3, 0.4) is 0 Å². The highest BCUT2D eigenvalue weighted by Crippen LogP contribution is 2.37. The molecule has 2 N–H and O–H groups in total. The Balaban J connectivity index is 1.69. The SMILES string of the molecule is C[C@@](O)(CNC1CCC(C(F)(F)F)CC1)CN1CCOCC1. The average molecular weight is 324 g/mol. The summed E-state index contributed by atoms with van der Waals surface area (Å²) in [6, 6.07) is 0.0785. The second-order valence-corrected chi connectivity index (χ2v) is 6.86. The van der Waals surface area contributed by atoms with Crippen molar-refractivity contribution in [2.75, 3.05) is 39.4 Å². The number of alkyl halides is 3. The van der Waals surface area contributed by atoms with Crippen LogP contribution in [0.2, 0.25) is 0 Å². The Bertz CT molecular complexity index is 336. The van der Waals surface area contributed by atoms with Crippen LogP contribution in [-0.2, 0) is 4.74 Å². The maximum absolute atomic E-state index is 12.6. The Hall–Kier alpha value is -0.370. The highest BCUT2D eigenvalue weighted by Gasteiger charge is 2.41. The molecule has 2 rings (SSSR count). The molecule has 7 heteroatoms. The molecule has 0 spiro atoms. The molecule has 1 aliphatic heterocycles. The van der Waals surface area contributed by atoms with Gasteiger partial charge in [-0.2, -0.15) is 13.2 Å². The summed E-state index contributed by atoms with van der Waals surface area (Å²) in [7, 11) is 0. The second kappa shape index (κ2) is 7.47. The van der Waals surface area contributed by atoms with Crippen molar-refractivity contribution >= 4 is 0 Å². The zero-order valence-electron chi connectivity index (χ0n) is 13.2. The monoisotopic (exact) mass is 324 g/mol. The van der Waals surface area contributed by atoms with Crippen molar-refractivity contribution in [1.82, 2.24) is 10.2 Å². The van der Waals surface area contributed by atoms with Crippen molar-refractivity contribution in [3.63, 3.8) is 0 Å². The molecule has 1 atom stereocenters. The Morgan fingerprint density at radius 3 is 2.27 bits per heavy atom. The van der Waals surface area contributed by atoms with Crippen LogP contribution in [-0.4, -0.2) is 67.2 Å². The molecular formula is C15H27F3N2O2. The summed E-state index contributed by atoms with van der Waals surface area (Å²) in [4.78, 5) is 2.16. The second-order valence-electron chi connectivity index (χ2n) is 6.86. The van der Waals surface area contributed by atoms with Crippen LogP contribution >= 0.6 is 0 Å². The maximum Gasteiger partial charge on any atom is 0.391 e. The van der Waals surface area contributed by atoms with E-state index in [-0.39, 0.29) is 18.9 Å². The molecule has 0 bridgehead atoms. The molecule has 0 radical (unpaired) electrons. The van der Waals surface area contributed by atoms with E-state index in [1.54, 1.807) is 6.92 Å². The summed E-state index contributed by atoms with van der Waals surface area (Å²) < 4.78 is 43.2. The molecule has 4 nitrogen and oxygen atoms in total. The molecule has 22 heavy (non-hydrogen) atoms. The van der Waals surface area contributed by atoms with Crippen LogP contribution in [0.25, 0.3) is 0 Å². The van der Waals surface area contributed by atoms with Gasteiger partial charge in [-0.15, -0.1) is 0 Å². The third kappa shape index (κ3) is 5.68. The molecule has 0 amide bonds. The third-order valence-electron chi connectivity index (χ3n) is 4.63. The van der Waals surface area contributed by atoms with Gasteiger partial charge in [0.05, 0.1) is 24.7 Å². The first-order valence-corrected chi connectivity index (χ1v) is 8.09. The van der Waals surface area contributed by atoms with Crippen LogP contribution < -0.4 is 5.32 Å². The Morgan fingerprint density at radius 1 is 1.14 bits per heavy atom. The van der Waals surface area contributed by atoms with E-state index in [2.05, 4.69) is 10.2 Å². The molecule has 0 aromatic rings. The highest BCUT2D eigenvalue weighted by atomic mass is 19.4. The predicted octanol–water partition coefficient (Wildman–Crippen LogP) is 1.78. The Kier molecular flexibility index (Phi) is 6.10. The summed E-state index contributed by atoms with van der Waals surface area (Å²) in [6.07, 6.45) is -2.64. The summed E-state index contributed by atoms with van der Waals surface area (Å²) in [5.74, 6) is -1.15. The quantitative estimate of drug-likeness (QED) is 0.809. The molecule has 1 heterocycles. The fraction of sp³-hybridized carbons (Fsp3) is 1.00. The van der Waals surface area contributed by atoms with E-state index in [4.69, 9.17) is 4.74 Å². The van der Waals surface area contributed by atoms with E-state index in [1.807, 2.05) is 0 Å². The number of nitrogens with zero attached hydrogens (tertiary/aromatic N) is 1. The molecule has 0 aromatic carbocycles. The van der Waals surface area contributed by atoms with Gasteiger partial charge < -0.3 is 15.2 Å². The zero-order chi connectivity index (χ0) is 16.2. The number of β-amino-alcohol motifs (C(OH)–C–C–N with tert-alkyl or cyclic N) is 1. The number of ether oxygens (including phenoxy) is 1. The topological polar surface area (TPSA) is 44.7 Å². The third-order valence-corrected chi connectivity index (χ3v) is 4.63. The predicted molar refractivity (Wildman–Crippen MR) is 77.7 cm³/mol. The van der Waals surface area contributed by atoms with Crippen molar-refractivity contribution in [1.29, 1.82) is 0 Å². The van der Waals surface area contributed by atoms with Crippen LogP contribution in [0.1, 0.15) is 32.6 Å². The van der Waals surface area contributed by atoms with E-state index in [9.17, 15) is 18.3 Å². The molecular weight excluding hydrogens is 297 g/mol. The molecule has 2 aliphatic rings. The fourth-order valence-electron chi connectivity index (χ4n) is 3.29. The van der Waals surface area contributed by atoms with E-state index in [0.29, 0.717) is 39.1 Å². The number of aliphatic hydroxyl groups is 1. The molecule has 1 saturated carbocycles. The number of hydrogen-bond acceptors (Lipinski definition) is 4. The number of morpholine rings is 1. The fourth-order valence-corrected chi connectivity index (χ4v) is 3.29. The summed E-state index contributed by atoms with van der Waals surface area (Å²) >= 11 is 0. The first kappa shape index (κ1) is 18.0. The largest absolute Gasteiger partial charge is 0.391 e. The van der Waals surface area contributed by atoms with Gasteiger partial charge in [0, 0.05) is 32.2 Å². The number of hydrogen-bond donors (Lipinski definition) is 2. The Morgan fingerprint density at radius 2 is 1.73 bits per heavy atom. The van der Waals surface area contributed by atoms with Crippen molar-refractivity contribution in [3.8, 4) is 0 Å². The van der Waals surface area contributed by atoms with Crippen molar-refractivity contribution in [2.24, 2.45) is 5.92 Å². The average Bonchev–Trinajstić information content (AvgIpc) is 2.45. The van der Waals surface area contributed by atoms with Gasteiger partial charge >= 0.3 is 6.18 Å². The molecule has 0 unspecified atom stereocenters. The zero-order valence-corrected chi connectivity index (χ0v) is 13.2. The summed E-state index contributed by atoms with van der Waals surface area (Å²) in [6.45, 7) is 5.74. The van der Waals surface area contributed by atoms with E-state index in [0.717, 1.165) is 13.1 Å². The van der Waals surface area contributed by atoms with Gasteiger partial charge in [0.15, 0.2) is 0 Å². The van der Waals surface area contributed by atoms with Crippen molar-refractivity contribution < 1.29 is 23.0 Å². The molecule has 130 valence electrons. The van der Waals surface area contributed by atoms with Crippen LogP contribution in [0.4, 0.5) is 13.2 Å². The van der Waals surface area contributed by atoms with Crippen LogP contribution in [0.5, 0.6) is 0 Å². The minimum Gasteiger partial charge on any atom is -0.388 e. The molecule has 1 aliphatic carbocycles. The maximum atomic E-state index is 12.6.